The Morgan fingerprint density at radius 3 is 3.14 bits per heavy atom. The Kier molecular flexibility index (Phi) is 2.72. The molecule has 2 N–H and O–H groups in total. The summed E-state index contributed by atoms with van der Waals surface area (Å²) in [4.78, 5) is 9.81. The Morgan fingerprint density at radius 1 is 1.64 bits per heavy atom. The first-order valence-electron chi connectivity index (χ1n) is 5.21. The summed E-state index contributed by atoms with van der Waals surface area (Å²) in [6, 6.07) is 0.541. The minimum absolute atomic E-state index is 0.541. The van der Waals surface area contributed by atoms with Gasteiger partial charge in [0.15, 0.2) is 0 Å². The van der Waals surface area contributed by atoms with Crippen LogP contribution in [-0.4, -0.2) is 41.0 Å². The molecule has 4 nitrogen and oxygen atoms in total. The van der Waals surface area contributed by atoms with Gasteiger partial charge in [0.25, 0.3) is 0 Å². The third-order valence-corrected chi connectivity index (χ3v) is 2.67. The smallest absolute Gasteiger partial charge is 0.200 e. The Hall–Kier alpha value is -1.03. The molecule has 1 saturated heterocycles. The second-order valence-corrected chi connectivity index (χ2v) is 4.16. The number of likely N-dealkylation sites (tertiary alicyclic amines) is 1. The van der Waals surface area contributed by atoms with E-state index in [1.807, 2.05) is 13.1 Å². The summed E-state index contributed by atoms with van der Waals surface area (Å²) in [7, 11) is 2.17. The molecule has 0 bridgehead atoms. The molecule has 0 saturated carbocycles. The van der Waals surface area contributed by atoms with Crippen molar-refractivity contribution in [3.63, 3.8) is 0 Å². The van der Waals surface area contributed by atoms with Crippen molar-refractivity contribution < 1.29 is 0 Å². The molecule has 1 unspecified atom stereocenters. The molecule has 1 aliphatic rings. The number of aromatic nitrogens is 2. The second-order valence-electron chi connectivity index (χ2n) is 4.16. The number of hydrogen-bond donors (Lipinski definition) is 2. The van der Waals surface area contributed by atoms with Crippen molar-refractivity contribution in [1.29, 1.82) is 0 Å². The lowest BCUT2D eigenvalue weighted by atomic mass is 10.1. The highest BCUT2D eigenvalue weighted by molar-refractivity contribution is 5.27. The van der Waals surface area contributed by atoms with Gasteiger partial charge in [0.05, 0.1) is 0 Å². The number of aryl methyl sites for hydroxylation is 1. The molecule has 1 aromatic rings. The van der Waals surface area contributed by atoms with Gasteiger partial charge in [0.1, 0.15) is 0 Å². The van der Waals surface area contributed by atoms with Crippen LogP contribution in [0.2, 0.25) is 0 Å². The molecule has 0 spiro atoms. The van der Waals surface area contributed by atoms with Crippen molar-refractivity contribution in [1.82, 2.24) is 14.9 Å². The number of anilines is 1. The number of aromatic amines is 1. The van der Waals surface area contributed by atoms with E-state index in [0.717, 1.165) is 18.2 Å². The summed E-state index contributed by atoms with van der Waals surface area (Å²) in [5.74, 6) is 0.905. The first kappa shape index (κ1) is 9.52. The van der Waals surface area contributed by atoms with E-state index >= 15 is 0 Å². The van der Waals surface area contributed by atoms with Crippen molar-refractivity contribution in [2.45, 2.75) is 25.8 Å². The number of hydrogen-bond acceptors (Lipinski definition) is 3. The molecule has 4 heteroatoms. The van der Waals surface area contributed by atoms with Crippen LogP contribution in [0.5, 0.6) is 0 Å². The normalized spacial score (nSPS) is 23.7. The predicted molar refractivity (Wildman–Crippen MR) is 57.5 cm³/mol. The van der Waals surface area contributed by atoms with E-state index in [1.54, 1.807) is 0 Å². The largest absolute Gasteiger partial charge is 0.352 e. The summed E-state index contributed by atoms with van der Waals surface area (Å²) in [6.07, 6.45) is 4.37. The summed E-state index contributed by atoms with van der Waals surface area (Å²) in [5.41, 5.74) is 1.11. The highest BCUT2D eigenvalue weighted by Gasteiger charge is 2.17. The van der Waals surface area contributed by atoms with Crippen LogP contribution >= 0.6 is 0 Å². The number of H-pyrrole nitrogens is 1. The molecule has 0 amide bonds. The summed E-state index contributed by atoms with van der Waals surface area (Å²) in [6.45, 7) is 4.35. The van der Waals surface area contributed by atoms with Crippen molar-refractivity contribution in [3.8, 4) is 0 Å². The van der Waals surface area contributed by atoms with Crippen molar-refractivity contribution in [2.75, 3.05) is 25.5 Å². The van der Waals surface area contributed by atoms with E-state index < -0.39 is 0 Å². The number of rotatable bonds is 2. The molecular formula is C10H18N4. The maximum Gasteiger partial charge on any atom is 0.200 e. The van der Waals surface area contributed by atoms with Crippen LogP contribution < -0.4 is 5.32 Å². The van der Waals surface area contributed by atoms with Crippen LogP contribution in [0.25, 0.3) is 0 Å². The van der Waals surface area contributed by atoms with Gasteiger partial charge in [-0.1, -0.05) is 0 Å². The first-order valence-corrected chi connectivity index (χ1v) is 5.21. The lowest BCUT2D eigenvalue weighted by Crippen LogP contribution is -2.39. The van der Waals surface area contributed by atoms with E-state index in [-0.39, 0.29) is 0 Å². The lowest BCUT2D eigenvalue weighted by Gasteiger charge is -2.30. The quantitative estimate of drug-likeness (QED) is 0.744. The van der Waals surface area contributed by atoms with Crippen molar-refractivity contribution in [3.05, 3.63) is 11.9 Å². The van der Waals surface area contributed by atoms with Crippen molar-refractivity contribution in [2.24, 2.45) is 0 Å². The Morgan fingerprint density at radius 2 is 2.50 bits per heavy atom. The fraction of sp³-hybridized carbons (Fsp3) is 0.700. The third kappa shape index (κ3) is 2.26. The zero-order chi connectivity index (χ0) is 9.97. The zero-order valence-corrected chi connectivity index (χ0v) is 8.88. The van der Waals surface area contributed by atoms with Gasteiger partial charge in [0, 0.05) is 24.5 Å². The zero-order valence-electron chi connectivity index (χ0n) is 8.88. The van der Waals surface area contributed by atoms with E-state index in [2.05, 4.69) is 27.2 Å². The van der Waals surface area contributed by atoms with E-state index in [1.165, 1.54) is 19.4 Å². The molecule has 2 heterocycles. The van der Waals surface area contributed by atoms with Gasteiger partial charge in [-0.3, -0.25) is 0 Å². The van der Waals surface area contributed by atoms with Gasteiger partial charge in [-0.05, 0) is 33.4 Å². The standard InChI is InChI=1S/C10H18N4/c1-8-6-11-10(12-8)13-9-4-3-5-14(2)7-9/h6,9H,3-5,7H2,1-2H3,(H2,11,12,13). The molecular weight excluding hydrogens is 176 g/mol. The fourth-order valence-electron chi connectivity index (χ4n) is 1.96. The number of likely N-dealkylation sites (N-methyl/N-ethyl adjacent to an activating group) is 1. The predicted octanol–water partition coefficient (Wildman–Crippen LogP) is 1.22. The van der Waals surface area contributed by atoms with Crippen LogP contribution in [0.4, 0.5) is 5.95 Å². The molecule has 1 aromatic heterocycles. The Balaban J connectivity index is 1.90. The highest BCUT2D eigenvalue weighted by atomic mass is 15.2. The molecule has 78 valence electrons. The Bertz CT molecular complexity index is 294. The Labute approximate surface area is 84.7 Å². The van der Waals surface area contributed by atoms with Crippen LogP contribution in [0.15, 0.2) is 6.20 Å². The lowest BCUT2D eigenvalue weighted by molar-refractivity contribution is 0.260. The maximum atomic E-state index is 4.25. The van der Waals surface area contributed by atoms with Gasteiger partial charge in [-0.2, -0.15) is 0 Å². The number of nitrogens with zero attached hydrogens (tertiary/aromatic N) is 2. The monoisotopic (exact) mass is 194 g/mol. The summed E-state index contributed by atoms with van der Waals surface area (Å²) >= 11 is 0. The van der Waals surface area contributed by atoms with Crippen LogP contribution in [0, 0.1) is 6.92 Å². The molecule has 0 aromatic carbocycles. The molecule has 0 radical (unpaired) electrons. The van der Waals surface area contributed by atoms with Gasteiger partial charge in [-0.25, -0.2) is 4.98 Å². The minimum atomic E-state index is 0.541. The second kappa shape index (κ2) is 4.00. The average molecular weight is 194 g/mol. The maximum absolute atomic E-state index is 4.25. The van der Waals surface area contributed by atoms with Crippen LogP contribution in [0.1, 0.15) is 18.5 Å². The topological polar surface area (TPSA) is 44.0 Å². The SMILES string of the molecule is Cc1cnc(NC2CCCN(C)C2)[nH]1. The molecule has 1 atom stereocenters. The molecule has 0 aliphatic carbocycles. The first-order chi connectivity index (χ1) is 6.74. The van der Waals surface area contributed by atoms with E-state index in [9.17, 15) is 0 Å². The highest BCUT2D eigenvalue weighted by Crippen LogP contribution is 2.12. The van der Waals surface area contributed by atoms with E-state index in [0.29, 0.717) is 6.04 Å². The molecule has 14 heavy (non-hydrogen) atoms. The minimum Gasteiger partial charge on any atom is -0.352 e. The number of nitrogens with one attached hydrogen (secondary N) is 2. The van der Waals surface area contributed by atoms with Gasteiger partial charge in [-0.15, -0.1) is 0 Å². The molecule has 2 rings (SSSR count). The van der Waals surface area contributed by atoms with Crippen LogP contribution in [0.3, 0.4) is 0 Å². The van der Waals surface area contributed by atoms with Crippen LogP contribution in [-0.2, 0) is 0 Å². The van der Waals surface area contributed by atoms with Gasteiger partial charge >= 0.3 is 0 Å². The third-order valence-electron chi connectivity index (χ3n) is 2.67. The number of imidazole rings is 1. The molecule has 1 fully saturated rings. The summed E-state index contributed by atoms with van der Waals surface area (Å²) in [5, 5.41) is 3.42. The molecule has 1 aliphatic heterocycles. The van der Waals surface area contributed by atoms with Gasteiger partial charge in [0.2, 0.25) is 5.95 Å². The fourth-order valence-corrected chi connectivity index (χ4v) is 1.96. The van der Waals surface area contributed by atoms with E-state index in [4.69, 9.17) is 0 Å². The van der Waals surface area contributed by atoms with Gasteiger partial charge < -0.3 is 15.2 Å². The average Bonchev–Trinajstić information content (AvgIpc) is 2.51. The van der Waals surface area contributed by atoms with Crippen molar-refractivity contribution >= 4 is 5.95 Å². The number of piperidine rings is 1. The summed E-state index contributed by atoms with van der Waals surface area (Å²) < 4.78 is 0.